The van der Waals surface area contributed by atoms with E-state index in [0.29, 0.717) is 51.1 Å². The summed E-state index contributed by atoms with van der Waals surface area (Å²) in [5.74, 6) is 0.621. The monoisotopic (exact) mass is 498 g/mol. The van der Waals surface area contributed by atoms with Crippen LogP contribution < -0.4 is 15.4 Å². The molecule has 1 atom stereocenters. The number of halogens is 1. The van der Waals surface area contributed by atoms with Crippen LogP contribution in [0, 0.1) is 5.82 Å². The summed E-state index contributed by atoms with van der Waals surface area (Å²) in [6.07, 6.45) is 6.66. The van der Waals surface area contributed by atoms with Gasteiger partial charge in [-0.1, -0.05) is 12.1 Å². The van der Waals surface area contributed by atoms with Crippen LogP contribution in [-0.4, -0.2) is 51.0 Å². The zero-order valence-electron chi connectivity index (χ0n) is 20.4. The van der Waals surface area contributed by atoms with E-state index in [-0.39, 0.29) is 17.8 Å². The lowest BCUT2D eigenvalue weighted by molar-refractivity contribution is -0.114. The van der Waals surface area contributed by atoms with Gasteiger partial charge in [0.2, 0.25) is 5.91 Å². The van der Waals surface area contributed by atoms with E-state index < -0.39 is 0 Å². The molecule has 0 unspecified atom stereocenters. The predicted molar refractivity (Wildman–Crippen MR) is 140 cm³/mol. The van der Waals surface area contributed by atoms with Gasteiger partial charge in [-0.3, -0.25) is 14.7 Å². The molecule has 1 aliphatic carbocycles. The summed E-state index contributed by atoms with van der Waals surface area (Å²) < 4.78 is 20.7. The molecule has 3 heterocycles. The van der Waals surface area contributed by atoms with Gasteiger partial charge in [0.15, 0.2) is 0 Å². The van der Waals surface area contributed by atoms with Gasteiger partial charge >= 0.3 is 0 Å². The highest BCUT2D eigenvalue weighted by Crippen LogP contribution is 2.36. The normalized spacial score (nSPS) is 17.6. The van der Waals surface area contributed by atoms with Gasteiger partial charge in [-0.25, -0.2) is 14.4 Å². The van der Waals surface area contributed by atoms with Crippen molar-refractivity contribution < 1.29 is 13.9 Å². The Morgan fingerprint density at radius 2 is 1.95 bits per heavy atom. The molecule has 0 bridgehead atoms. The summed E-state index contributed by atoms with van der Waals surface area (Å²) in [7, 11) is 0. The summed E-state index contributed by atoms with van der Waals surface area (Å²) in [5.41, 5.74) is 2.88. The maximum Gasteiger partial charge on any atom is 0.221 e. The number of fused-ring (bicyclic) bond motifs is 1. The second-order valence-corrected chi connectivity index (χ2v) is 9.56. The molecule has 6 rings (SSSR count). The largest absolute Gasteiger partial charge is 0.487 e. The molecule has 2 N–H and O–H groups in total. The first kappa shape index (κ1) is 23.3. The molecule has 4 aromatic rings. The lowest BCUT2D eigenvalue weighted by Crippen LogP contribution is -2.26. The second kappa shape index (κ2) is 9.74. The number of ether oxygens (including phenoxy) is 1. The zero-order valence-corrected chi connectivity index (χ0v) is 20.4. The number of nitrogens with zero attached hydrogens (tertiary/aromatic N) is 4. The van der Waals surface area contributed by atoms with Crippen molar-refractivity contribution in [3.8, 4) is 17.0 Å². The van der Waals surface area contributed by atoms with E-state index in [1.807, 2.05) is 12.1 Å². The molecule has 9 heteroatoms. The quantitative estimate of drug-likeness (QED) is 0.364. The van der Waals surface area contributed by atoms with Gasteiger partial charge < -0.3 is 15.4 Å². The van der Waals surface area contributed by atoms with E-state index in [2.05, 4.69) is 30.5 Å². The standard InChI is InChI=1S/C28H27FN6O2/c1-17(36)33-26-13-22-25(14-27(26)37-20-9-11-35(15-20)19-6-7-19)31-16-32-28(22)34-18-8-10-30-24(12-18)21-4-2-3-5-23(21)29/h2-5,8,10,12-14,16,19-20H,6-7,9,11,15H2,1H3,(H,33,36)(H,30,31,32,34)/t20-/m1/s1. The third-order valence-electron chi connectivity index (χ3n) is 6.75. The van der Waals surface area contributed by atoms with Crippen molar-refractivity contribution in [3.05, 3.63) is 66.9 Å². The number of rotatable bonds is 7. The van der Waals surface area contributed by atoms with E-state index in [1.165, 1.54) is 32.2 Å². The number of hydrogen-bond acceptors (Lipinski definition) is 7. The maximum atomic E-state index is 14.3. The minimum absolute atomic E-state index is 0.0682. The highest BCUT2D eigenvalue weighted by atomic mass is 19.1. The number of anilines is 3. The minimum Gasteiger partial charge on any atom is -0.487 e. The molecule has 1 saturated carbocycles. The second-order valence-electron chi connectivity index (χ2n) is 9.56. The van der Waals surface area contributed by atoms with E-state index in [0.717, 1.165) is 19.5 Å². The molecule has 1 amide bonds. The van der Waals surface area contributed by atoms with Gasteiger partial charge in [0.1, 0.15) is 29.8 Å². The lowest BCUT2D eigenvalue weighted by atomic mass is 10.1. The van der Waals surface area contributed by atoms with Crippen LogP contribution in [-0.2, 0) is 4.79 Å². The molecule has 0 radical (unpaired) electrons. The molecule has 2 aromatic heterocycles. The Hall–Kier alpha value is -4.11. The highest BCUT2D eigenvalue weighted by Gasteiger charge is 2.35. The van der Waals surface area contributed by atoms with Gasteiger partial charge in [0.25, 0.3) is 0 Å². The SMILES string of the molecule is CC(=O)Nc1cc2c(Nc3ccnc(-c4ccccc4F)c3)ncnc2cc1O[C@@H]1CCN(C2CC2)C1. The molecule has 2 fully saturated rings. The number of carbonyl (C=O) groups is 1. The van der Waals surface area contributed by atoms with Crippen molar-refractivity contribution in [1.82, 2.24) is 19.9 Å². The van der Waals surface area contributed by atoms with Crippen LogP contribution in [0.1, 0.15) is 26.2 Å². The first-order chi connectivity index (χ1) is 18.0. The third-order valence-corrected chi connectivity index (χ3v) is 6.75. The van der Waals surface area contributed by atoms with Crippen LogP contribution in [0.2, 0.25) is 0 Å². The van der Waals surface area contributed by atoms with Gasteiger partial charge in [-0.05, 0) is 49.6 Å². The molecular weight excluding hydrogens is 471 g/mol. The van der Waals surface area contributed by atoms with Gasteiger partial charge in [-0.15, -0.1) is 0 Å². The Labute approximate surface area is 213 Å². The van der Waals surface area contributed by atoms with Crippen LogP contribution in [0.3, 0.4) is 0 Å². The molecule has 188 valence electrons. The van der Waals surface area contributed by atoms with Gasteiger partial charge in [0.05, 0.1) is 16.9 Å². The molecule has 1 aliphatic heterocycles. The summed E-state index contributed by atoms with van der Waals surface area (Å²) in [5, 5.41) is 6.92. The Bertz CT molecular complexity index is 1470. The fourth-order valence-electron chi connectivity index (χ4n) is 4.83. The number of benzene rings is 2. The van der Waals surface area contributed by atoms with E-state index in [4.69, 9.17) is 4.74 Å². The molecule has 37 heavy (non-hydrogen) atoms. The van der Waals surface area contributed by atoms with Crippen LogP contribution in [0.15, 0.2) is 61.1 Å². The van der Waals surface area contributed by atoms with E-state index >= 15 is 0 Å². The molecule has 2 aliphatic rings. The lowest BCUT2D eigenvalue weighted by Gasteiger charge is -2.19. The zero-order chi connectivity index (χ0) is 25.4. The third kappa shape index (κ3) is 5.08. The predicted octanol–water partition coefficient (Wildman–Crippen LogP) is 5.15. The number of nitrogens with one attached hydrogen (secondary N) is 2. The van der Waals surface area contributed by atoms with Crippen LogP contribution in [0.4, 0.5) is 21.6 Å². The van der Waals surface area contributed by atoms with Crippen molar-refractivity contribution in [1.29, 1.82) is 0 Å². The minimum atomic E-state index is -0.338. The summed E-state index contributed by atoms with van der Waals surface area (Å²) in [6, 6.07) is 14.5. The number of amides is 1. The van der Waals surface area contributed by atoms with Crippen molar-refractivity contribution in [3.63, 3.8) is 0 Å². The number of hydrogen-bond donors (Lipinski definition) is 2. The Morgan fingerprint density at radius 1 is 1.08 bits per heavy atom. The van der Waals surface area contributed by atoms with Crippen LogP contribution in [0.5, 0.6) is 5.75 Å². The number of likely N-dealkylation sites (tertiary alicyclic amines) is 1. The summed E-state index contributed by atoms with van der Waals surface area (Å²) in [4.78, 5) is 27.7. The Morgan fingerprint density at radius 3 is 2.76 bits per heavy atom. The van der Waals surface area contributed by atoms with Gasteiger partial charge in [-0.2, -0.15) is 0 Å². The molecule has 8 nitrogen and oxygen atoms in total. The topological polar surface area (TPSA) is 92.3 Å². The average molecular weight is 499 g/mol. The van der Waals surface area contributed by atoms with Gasteiger partial charge in [0, 0.05) is 55.0 Å². The number of carbonyl (C=O) groups excluding carboxylic acids is 1. The summed E-state index contributed by atoms with van der Waals surface area (Å²) in [6.45, 7) is 3.40. The number of pyridine rings is 1. The van der Waals surface area contributed by atoms with Crippen molar-refractivity contribution in [2.45, 2.75) is 38.3 Å². The van der Waals surface area contributed by atoms with E-state index in [9.17, 15) is 9.18 Å². The molecular formula is C28H27FN6O2. The Balaban J connectivity index is 1.31. The molecule has 1 saturated heterocycles. The van der Waals surface area contributed by atoms with Crippen LogP contribution >= 0.6 is 0 Å². The average Bonchev–Trinajstić information content (AvgIpc) is 3.63. The maximum absolute atomic E-state index is 14.3. The van der Waals surface area contributed by atoms with Crippen molar-refractivity contribution in [2.24, 2.45) is 0 Å². The van der Waals surface area contributed by atoms with Crippen molar-refractivity contribution >= 4 is 34.0 Å². The van der Waals surface area contributed by atoms with Crippen LogP contribution in [0.25, 0.3) is 22.2 Å². The van der Waals surface area contributed by atoms with Crippen molar-refractivity contribution in [2.75, 3.05) is 23.7 Å². The molecule has 0 spiro atoms. The highest BCUT2D eigenvalue weighted by molar-refractivity contribution is 5.99. The first-order valence-corrected chi connectivity index (χ1v) is 12.5. The fraction of sp³-hybridized carbons (Fsp3) is 0.286. The smallest absolute Gasteiger partial charge is 0.221 e. The number of aromatic nitrogens is 3. The first-order valence-electron chi connectivity index (χ1n) is 12.5. The fourth-order valence-corrected chi connectivity index (χ4v) is 4.83. The Kier molecular flexibility index (Phi) is 6.13. The summed E-state index contributed by atoms with van der Waals surface area (Å²) >= 11 is 0. The molecule has 2 aromatic carbocycles. The van der Waals surface area contributed by atoms with E-state index in [1.54, 1.807) is 36.5 Å².